The summed E-state index contributed by atoms with van der Waals surface area (Å²) in [5, 5.41) is 3.32. The van der Waals surface area contributed by atoms with Crippen molar-refractivity contribution in [3.05, 3.63) is 29.8 Å². The normalized spacial score (nSPS) is 12.1. The molecule has 0 radical (unpaired) electrons. The lowest BCUT2D eigenvalue weighted by Crippen LogP contribution is -2.18. The van der Waals surface area contributed by atoms with E-state index in [0.717, 1.165) is 17.8 Å². The standard InChI is InChI=1S/C13H20N2O2/c1-10(9-17-2)8-15-12-6-4-3-5-11(12)7-13(14)16/h3-6,10,15H,7-9H2,1-2H3,(H2,14,16). The number of hydrogen-bond acceptors (Lipinski definition) is 3. The first-order chi connectivity index (χ1) is 8.13. The molecule has 1 aromatic rings. The molecule has 0 saturated heterocycles. The van der Waals surface area contributed by atoms with Gasteiger partial charge in [-0.05, 0) is 17.5 Å². The second-order valence-corrected chi connectivity index (χ2v) is 4.24. The van der Waals surface area contributed by atoms with Gasteiger partial charge in [-0.1, -0.05) is 25.1 Å². The number of hydrogen-bond donors (Lipinski definition) is 2. The highest BCUT2D eigenvalue weighted by Gasteiger charge is 2.06. The van der Waals surface area contributed by atoms with Crippen molar-refractivity contribution in [2.75, 3.05) is 25.6 Å². The van der Waals surface area contributed by atoms with Crippen molar-refractivity contribution in [3.8, 4) is 0 Å². The number of methoxy groups -OCH3 is 1. The van der Waals surface area contributed by atoms with Gasteiger partial charge in [0, 0.05) is 19.3 Å². The average molecular weight is 236 g/mol. The van der Waals surface area contributed by atoms with Crippen LogP contribution in [0.4, 0.5) is 5.69 Å². The molecule has 0 aliphatic rings. The van der Waals surface area contributed by atoms with Gasteiger partial charge in [0.15, 0.2) is 0 Å². The minimum absolute atomic E-state index is 0.266. The van der Waals surface area contributed by atoms with E-state index in [-0.39, 0.29) is 12.3 Å². The molecule has 0 aliphatic carbocycles. The van der Waals surface area contributed by atoms with Crippen LogP contribution in [0.25, 0.3) is 0 Å². The molecular weight excluding hydrogens is 216 g/mol. The largest absolute Gasteiger partial charge is 0.384 e. The van der Waals surface area contributed by atoms with Crippen LogP contribution in [0.5, 0.6) is 0 Å². The molecule has 0 fully saturated rings. The molecule has 1 aromatic carbocycles. The van der Waals surface area contributed by atoms with Gasteiger partial charge in [0.25, 0.3) is 0 Å². The van der Waals surface area contributed by atoms with Crippen molar-refractivity contribution in [1.82, 2.24) is 0 Å². The monoisotopic (exact) mass is 236 g/mol. The predicted molar refractivity (Wildman–Crippen MR) is 68.9 cm³/mol. The number of nitrogens with two attached hydrogens (primary N) is 1. The Kier molecular flexibility index (Phi) is 5.49. The molecule has 4 heteroatoms. The highest BCUT2D eigenvalue weighted by molar-refractivity contribution is 5.78. The minimum atomic E-state index is -0.316. The number of carbonyl (C=O) groups excluding carboxylic acids is 1. The Balaban J connectivity index is 2.60. The average Bonchev–Trinajstić information content (AvgIpc) is 2.27. The third-order valence-corrected chi connectivity index (χ3v) is 2.47. The summed E-state index contributed by atoms with van der Waals surface area (Å²) in [6, 6.07) is 7.71. The molecule has 0 spiro atoms. The second-order valence-electron chi connectivity index (χ2n) is 4.24. The Labute approximate surface area is 102 Å². The Morgan fingerprint density at radius 1 is 1.47 bits per heavy atom. The van der Waals surface area contributed by atoms with E-state index in [0.29, 0.717) is 12.5 Å². The van der Waals surface area contributed by atoms with Crippen LogP contribution in [0.2, 0.25) is 0 Å². The van der Waals surface area contributed by atoms with Gasteiger partial charge in [-0.3, -0.25) is 4.79 Å². The summed E-state index contributed by atoms with van der Waals surface area (Å²) >= 11 is 0. The molecule has 0 aromatic heterocycles. The van der Waals surface area contributed by atoms with Gasteiger partial charge >= 0.3 is 0 Å². The number of anilines is 1. The number of para-hydroxylation sites is 1. The molecular formula is C13H20N2O2. The quantitative estimate of drug-likeness (QED) is 0.752. The van der Waals surface area contributed by atoms with Crippen molar-refractivity contribution in [2.45, 2.75) is 13.3 Å². The second kappa shape index (κ2) is 6.91. The smallest absolute Gasteiger partial charge is 0.221 e. The Morgan fingerprint density at radius 2 is 2.18 bits per heavy atom. The number of carbonyl (C=O) groups is 1. The lowest BCUT2D eigenvalue weighted by atomic mass is 10.1. The summed E-state index contributed by atoms with van der Waals surface area (Å²) in [6.45, 7) is 3.63. The SMILES string of the molecule is COCC(C)CNc1ccccc1CC(N)=O. The zero-order valence-electron chi connectivity index (χ0n) is 10.4. The third-order valence-electron chi connectivity index (χ3n) is 2.47. The fourth-order valence-electron chi connectivity index (χ4n) is 1.66. The molecule has 0 bridgehead atoms. The number of primary amides is 1. The van der Waals surface area contributed by atoms with Crippen LogP contribution in [0, 0.1) is 5.92 Å². The van der Waals surface area contributed by atoms with Crippen molar-refractivity contribution >= 4 is 11.6 Å². The van der Waals surface area contributed by atoms with E-state index < -0.39 is 0 Å². The maximum absolute atomic E-state index is 10.9. The van der Waals surface area contributed by atoms with E-state index in [1.165, 1.54) is 0 Å². The first kappa shape index (κ1) is 13.5. The topological polar surface area (TPSA) is 64.3 Å². The van der Waals surface area contributed by atoms with E-state index in [9.17, 15) is 4.79 Å². The Hall–Kier alpha value is -1.55. The van der Waals surface area contributed by atoms with Crippen molar-refractivity contribution in [3.63, 3.8) is 0 Å². The number of ether oxygens (including phenoxy) is 1. The molecule has 0 aliphatic heterocycles. The van der Waals surface area contributed by atoms with Gasteiger partial charge in [0.2, 0.25) is 5.91 Å². The Bertz CT molecular complexity index is 366. The van der Waals surface area contributed by atoms with Crippen LogP contribution in [0.1, 0.15) is 12.5 Å². The molecule has 1 amide bonds. The van der Waals surface area contributed by atoms with Crippen molar-refractivity contribution in [1.29, 1.82) is 0 Å². The predicted octanol–water partition coefficient (Wildman–Crippen LogP) is 1.41. The number of rotatable bonds is 7. The number of nitrogens with one attached hydrogen (secondary N) is 1. The summed E-state index contributed by atoms with van der Waals surface area (Å²) in [5.41, 5.74) is 7.11. The molecule has 1 atom stereocenters. The van der Waals surface area contributed by atoms with E-state index in [2.05, 4.69) is 12.2 Å². The first-order valence-electron chi connectivity index (χ1n) is 5.72. The first-order valence-corrected chi connectivity index (χ1v) is 5.72. The summed E-state index contributed by atoms with van der Waals surface area (Å²) in [5.74, 6) is 0.103. The lowest BCUT2D eigenvalue weighted by Gasteiger charge is -2.15. The van der Waals surface area contributed by atoms with E-state index in [1.54, 1.807) is 7.11 Å². The van der Waals surface area contributed by atoms with Crippen LogP contribution in [0.15, 0.2) is 24.3 Å². The van der Waals surface area contributed by atoms with Crippen LogP contribution >= 0.6 is 0 Å². The third kappa shape index (κ3) is 4.87. The molecule has 3 N–H and O–H groups in total. The number of amides is 1. The van der Waals surface area contributed by atoms with E-state index in [4.69, 9.17) is 10.5 Å². The van der Waals surface area contributed by atoms with Crippen LogP contribution < -0.4 is 11.1 Å². The molecule has 0 saturated carbocycles. The molecule has 17 heavy (non-hydrogen) atoms. The summed E-state index contributed by atoms with van der Waals surface area (Å²) in [6.07, 6.45) is 0.266. The van der Waals surface area contributed by atoms with Gasteiger partial charge in [-0.15, -0.1) is 0 Å². The van der Waals surface area contributed by atoms with Gasteiger partial charge in [-0.2, -0.15) is 0 Å². The number of benzene rings is 1. The van der Waals surface area contributed by atoms with Gasteiger partial charge < -0.3 is 15.8 Å². The highest BCUT2D eigenvalue weighted by Crippen LogP contribution is 2.15. The van der Waals surface area contributed by atoms with Crippen LogP contribution in [-0.4, -0.2) is 26.2 Å². The zero-order valence-corrected chi connectivity index (χ0v) is 10.4. The van der Waals surface area contributed by atoms with E-state index >= 15 is 0 Å². The summed E-state index contributed by atoms with van der Waals surface area (Å²) in [7, 11) is 1.69. The maximum Gasteiger partial charge on any atom is 0.221 e. The van der Waals surface area contributed by atoms with Crippen molar-refractivity contribution < 1.29 is 9.53 Å². The molecule has 0 heterocycles. The fourth-order valence-corrected chi connectivity index (χ4v) is 1.66. The lowest BCUT2D eigenvalue weighted by molar-refractivity contribution is -0.117. The Morgan fingerprint density at radius 3 is 2.82 bits per heavy atom. The fraction of sp³-hybridized carbons (Fsp3) is 0.462. The van der Waals surface area contributed by atoms with Gasteiger partial charge in [0.1, 0.15) is 0 Å². The van der Waals surface area contributed by atoms with Crippen molar-refractivity contribution in [2.24, 2.45) is 11.7 Å². The molecule has 1 unspecified atom stereocenters. The highest BCUT2D eigenvalue weighted by atomic mass is 16.5. The van der Waals surface area contributed by atoms with Crippen LogP contribution in [0.3, 0.4) is 0 Å². The van der Waals surface area contributed by atoms with Gasteiger partial charge in [0.05, 0.1) is 13.0 Å². The molecule has 94 valence electrons. The maximum atomic E-state index is 10.9. The molecule has 4 nitrogen and oxygen atoms in total. The summed E-state index contributed by atoms with van der Waals surface area (Å²) in [4.78, 5) is 10.9. The zero-order chi connectivity index (χ0) is 12.7. The molecule has 1 rings (SSSR count). The van der Waals surface area contributed by atoms with E-state index in [1.807, 2.05) is 24.3 Å². The van der Waals surface area contributed by atoms with Gasteiger partial charge in [-0.25, -0.2) is 0 Å². The van der Waals surface area contributed by atoms with Crippen LogP contribution in [-0.2, 0) is 16.0 Å². The summed E-state index contributed by atoms with van der Waals surface area (Å²) < 4.78 is 5.07. The minimum Gasteiger partial charge on any atom is -0.384 e.